The van der Waals surface area contributed by atoms with Crippen molar-refractivity contribution in [2.45, 2.75) is 58.2 Å². The molecule has 4 nitrogen and oxygen atoms in total. The average molecular weight is 379 g/mol. The van der Waals surface area contributed by atoms with Gasteiger partial charge in [0, 0.05) is 37.5 Å². The van der Waals surface area contributed by atoms with E-state index in [1.54, 1.807) is 12.1 Å². The maximum atomic E-state index is 12.2. The number of amides is 1. The molecular formula is C24H30N2O2. The third-order valence-electron chi connectivity index (χ3n) is 5.58. The van der Waals surface area contributed by atoms with Crippen LogP contribution in [0, 0.1) is 0 Å². The van der Waals surface area contributed by atoms with Crippen LogP contribution in [0.4, 0.5) is 0 Å². The standard InChI is InChI=1S/C24H30N2O2/c1-19-9-7-8-16-26(19)18-22-13-6-5-12-21(22)17-25-24(28)15-14-23(27)20-10-3-2-4-11-20/h2-6,10-13,19H,7-9,14-18H2,1H3,(H,25,28)/t19-/m1/s1. The highest BCUT2D eigenvalue weighted by Crippen LogP contribution is 2.20. The number of nitrogens with one attached hydrogen (secondary N) is 1. The Balaban J connectivity index is 1.50. The van der Waals surface area contributed by atoms with Crippen LogP contribution in [0.2, 0.25) is 0 Å². The van der Waals surface area contributed by atoms with Crippen molar-refractivity contribution in [3.8, 4) is 0 Å². The van der Waals surface area contributed by atoms with E-state index in [4.69, 9.17) is 0 Å². The van der Waals surface area contributed by atoms with Crippen LogP contribution < -0.4 is 5.32 Å². The second-order valence-electron chi connectivity index (χ2n) is 7.65. The largest absolute Gasteiger partial charge is 0.352 e. The second-order valence-corrected chi connectivity index (χ2v) is 7.65. The molecule has 1 N–H and O–H groups in total. The van der Waals surface area contributed by atoms with Crippen LogP contribution in [-0.4, -0.2) is 29.2 Å². The highest BCUT2D eigenvalue weighted by Gasteiger charge is 2.19. The van der Waals surface area contributed by atoms with Crippen molar-refractivity contribution in [3.63, 3.8) is 0 Å². The smallest absolute Gasteiger partial charge is 0.220 e. The number of benzene rings is 2. The van der Waals surface area contributed by atoms with E-state index in [0.717, 1.165) is 18.7 Å². The number of piperidine rings is 1. The predicted molar refractivity (Wildman–Crippen MR) is 112 cm³/mol. The maximum Gasteiger partial charge on any atom is 0.220 e. The molecule has 1 amide bonds. The first kappa shape index (κ1) is 20.3. The van der Waals surface area contributed by atoms with Crippen LogP contribution in [0.1, 0.15) is 60.5 Å². The minimum absolute atomic E-state index is 0.00948. The van der Waals surface area contributed by atoms with E-state index in [-0.39, 0.29) is 24.5 Å². The SMILES string of the molecule is C[C@@H]1CCCCN1Cc1ccccc1CNC(=O)CCC(=O)c1ccccc1. The van der Waals surface area contributed by atoms with Crippen molar-refractivity contribution in [2.75, 3.05) is 6.54 Å². The first-order chi connectivity index (χ1) is 13.6. The average Bonchev–Trinajstić information content (AvgIpc) is 2.73. The Kier molecular flexibility index (Phi) is 7.38. The molecule has 1 heterocycles. The van der Waals surface area contributed by atoms with Gasteiger partial charge in [-0.05, 0) is 37.4 Å². The van der Waals surface area contributed by atoms with Gasteiger partial charge in [-0.15, -0.1) is 0 Å². The van der Waals surface area contributed by atoms with Crippen LogP contribution in [-0.2, 0) is 17.9 Å². The molecule has 4 heteroatoms. The van der Waals surface area contributed by atoms with Gasteiger partial charge in [-0.25, -0.2) is 0 Å². The molecule has 1 aliphatic heterocycles. The Morgan fingerprint density at radius 3 is 2.43 bits per heavy atom. The quantitative estimate of drug-likeness (QED) is 0.695. The van der Waals surface area contributed by atoms with Crippen molar-refractivity contribution in [1.29, 1.82) is 0 Å². The molecule has 0 bridgehead atoms. The lowest BCUT2D eigenvalue weighted by Gasteiger charge is -2.33. The molecule has 2 aromatic rings. The number of hydrogen-bond donors (Lipinski definition) is 1. The van der Waals surface area contributed by atoms with Gasteiger partial charge in [0.25, 0.3) is 0 Å². The fraction of sp³-hybridized carbons (Fsp3) is 0.417. The number of carbonyl (C=O) groups excluding carboxylic acids is 2. The van der Waals surface area contributed by atoms with Gasteiger partial charge in [-0.3, -0.25) is 14.5 Å². The van der Waals surface area contributed by atoms with E-state index in [1.165, 1.54) is 24.8 Å². The summed E-state index contributed by atoms with van der Waals surface area (Å²) < 4.78 is 0. The lowest BCUT2D eigenvalue weighted by Crippen LogP contribution is -2.37. The van der Waals surface area contributed by atoms with Crippen LogP contribution >= 0.6 is 0 Å². The number of nitrogens with zero attached hydrogens (tertiary/aromatic N) is 1. The second kappa shape index (κ2) is 10.2. The fourth-order valence-electron chi connectivity index (χ4n) is 3.77. The first-order valence-corrected chi connectivity index (χ1v) is 10.3. The van der Waals surface area contributed by atoms with Crippen LogP contribution in [0.5, 0.6) is 0 Å². The van der Waals surface area contributed by atoms with Gasteiger partial charge < -0.3 is 5.32 Å². The molecule has 0 aliphatic carbocycles. The van der Waals surface area contributed by atoms with Crippen molar-refractivity contribution >= 4 is 11.7 Å². The Morgan fingerprint density at radius 2 is 1.68 bits per heavy atom. The van der Waals surface area contributed by atoms with Crippen LogP contribution in [0.3, 0.4) is 0 Å². The monoisotopic (exact) mass is 378 g/mol. The molecule has 1 aliphatic rings. The molecule has 3 rings (SSSR count). The van der Waals surface area contributed by atoms with E-state index in [9.17, 15) is 9.59 Å². The Hall–Kier alpha value is -2.46. The third kappa shape index (κ3) is 5.77. The molecule has 1 saturated heterocycles. The molecule has 1 fully saturated rings. The molecule has 148 valence electrons. The van der Waals surface area contributed by atoms with Crippen molar-refractivity contribution in [3.05, 3.63) is 71.3 Å². The summed E-state index contributed by atoms with van der Waals surface area (Å²) in [4.78, 5) is 26.9. The summed E-state index contributed by atoms with van der Waals surface area (Å²) >= 11 is 0. The van der Waals surface area contributed by atoms with Gasteiger partial charge >= 0.3 is 0 Å². The van der Waals surface area contributed by atoms with E-state index in [0.29, 0.717) is 18.2 Å². The summed E-state index contributed by atoms with van der Waals surface area (Å²) in [6, 6.07) is 18.1. The molecular weight excluding hydrogens is 348 g/mol. The van der Waals surface area contributed by atoms with E-state index >= 15 is 0 Å². The normalized spacial score (nSPS) is 17.2. The van der Waals surface area contributed by atoms with Crippen LogP contribution in [0.15, 0.2) is 54.6 Å². The summed E-state index contributed by atoms with van der Waals surface area (Å²) in [5.41, 5.74) is 3.09. The molecule has 0 unspecified atom stereocenters. The minimum atomic E-state index is -0.0783. The fourth-order valence-corrected chi connectivity index (χ4v) is 3.77. The van der Waals surface area contributed by atoms with Crippen molar-refractivity contribution < 1.29 is 9.59 Å². The van der Waals surface area contributed by atoms with E-state index in [2.05, 4.69) is 35.3 Å². The number of carbonyl (C=O) groups is 2. The summed E-state index contributed by atoms with van der Waals surface area (Å²) in [5.74, 6) is -0.0688. The lowest BCUT2D eigenvalue weighted by atomic mass is 10.0. The third-order valence-corrected chi connectivity index (χ3v) is 5.58. The first-order valence-electron chi connectivity index (χ1n) is 10.3. The molecule has 28 heavy (non-hydrogen) atoms. The van der Waals surface area contributed by atoms with E-state index < -0.39 is 0 Å². The molecule has 1 atom stereocenters. The van der Waals surface area contributed by atoms with Gasteiger partial charge in [0.2, 0.25) is 5.91 Å². The summed E-state index contributed by atoms with van der Waals surface area (Å²) in [6.45, 7) is 4.88. The number of rotatable bonds is 8. The molecule has 0 saturated carbocycles. The minimum Gasteiger partial charge on any atom is -0.352 e. The Bertz CT molecular complexity index is 788. The van der Waals surface area contributed by atoms with Gasteiger partial charge in [-0.2, -0.15) is 0 Å². The zero-order chi connectivity index (χ0) is 19.8. The van der Waals surface area contributed by atoms with Gasteiger partial charge in [0.05, 0.1) is 0 Å². The highest BCUT2D eigenvalue weighted by atomic mass is 16.2. The van der Waals surface area contributed by atoms with Gasteiger partial charge in [0.15, 0.2) is 5.78 Å². The predicted octanol–water partition coefficient (Wildman–Crippen LogP) is 4.34. The number of ketones is 1. The number of Topliss-reactive ketones (excluding diaryl/α,β-unsaturated/α-hetero) is 1. The molecule has 0 radical (unpaired) electrons. The van der Waals surface area contributed by atoms with Crippen molar-refractivity contribution in [1.82, 2.24) is 10.2 Å². The zero-order valence-electron chi connectivity index (χ0n) is 16.7. The molecule has 0 aromatic heterocycles. The molecule has 2 aromatic carbocycles. The summed E-state index contributed by atoms with van der Waals surface area (Å²) in [6.07, 6.45) is 4.30. The summed E-state index contributed by atoms with van der Waals surface area (Å²) in [5, 5.41) is 2.98. The van der Waals surface area contributed by atoms with Gasteiger partial charge in [-0.1, -0.05) is 61.0 Å². The zero-order valence-corrected chi connectivity index (χ0v) is 16.7. The van der Waals surface area contributed by atoms with E-state index in [1.807, 2.05) is 24.3 Å². The highest BCUT2D eigenvalue weighted by molar-refractivity contribution is 5.97. The summed E-state index contributed by atoms with van der Waals surface area (Å²) in [7, 11) is 0. The van der Waals surface area contributed by atoms with Crippen molar-refractivity contribution in [2.24, 2.45) is 0 Å². The Labute approximate surface area is 167 Å². The topological polar surface area (TPSA) is 49.4 Å². The van der Waals surface area contributed by atoms with Gasteiger partial charge in [0.1, 0.15) is 0 Å². The lowest BCUT2D eigenvalue weighted by molar-refractivity contribution is -0.121. The van der Waals surface area contributed by atoms with Crippen LogP contribution in [0.25, 0.3) is 0 Å². The maximum absolute atomic E-state index is 12.2. The number of hydrogen-bond acceptors (Lipinski definition) is 3. The molecule has 0 spiro atoms. The Morgan fingerprint density at radius 1 is 0.964 bits per heavy atom. The number of likely N-dealkylation sites (tertiary alicyclic amines) is 1.